The van der Waals surface area contributed by atoms with Crippen LogP contribution in [0.25, 0.3) is 53.9 Å². The highest BCUT2D eigenvalue weighted by molar-refractivity contribution is 6.66. The number of amides is 5. The molecule has 3 aliphatic heterocycles. The van der Waals surface area contributed by atoms with Crippen molar-refractivity contribution in [1.82, 2.24) is 24.9 Å². The van der Waals surface area contributed by atoms with Crippen LogP contribution in [0.1, 0.15) is 165 Å². The summed E-state index contributed by atoms with van der Waals surface area (Å²) in [6.07, 6.45) is 18.3. The summed E-state index contributed by atoms with van der Waals surface area (Å²) in [6.45, 7) is 32.0. The number of anilines is 5. The van der Waals surface area contributed by atoms with Gasteiger partial charge in [0.05, 0.1) is 77.4 Å². The maximum atomic E-state index is 13.1. The first kappa shape index (κ1) is 111. The fraction of sp³-hybridized carbons (Fsp3) is 0.298. The number of nitrogens with zero attached hydrogens (tertiary/aromatic N) is 5. The normalized spacial score (nSPS) is 15.8. The van der Waals surface area contributed by atoms with Crippen molar-refractivity contribution in [2.24, 2.45) is 22.9 Å². The summed E-state index contributed by atoms with van der Waals surface area (Å²) in [5.74, 6) is -2.28. The topological polar surface area (TPSA) is 449 Å². The van der Waals surface area contributed by atoms with Gasteiger partial charge in [0, 0.05) is 149 Å². The smallest absolute Gasteiger partial charge is 0.495 e. The number of rotatable bonds is 27. The van der Waals surface area contributed by atoms with Crippen LogP contribution in [0.15, 0.2) is 280 Å². The second kappa shape index (κ2) is 47.7. The minimum atomic E-state index is -1.65. The lowest BCUT2D eigenvalue weighted by Crippen LogP contribution is -2.41. The van der Waals surface area contributed by atoms with Crippen LogP contribution in [-0.2, 0) is 51.9 Å². The van der Waals surface area contributed by atoms with Crippen molar-refractivity contribution >= 4 is 175 Å². The molecule has 5 unspecified atom stereocenters. The summed E-state index contributed by atoms with van der Waals surface area (Å²) >= 11 is 0. The molecule has 0 radical (unpaired) electrons. The van der Waals surface area contributed by atoms with Gasteiger partial charge in [-0.05, 0) is 283 Å². The Morgan fingerprint density at radius 3 is 0.913 bits per heavy atom. The summed E-state index contributed by atoms with van der Waals surface area (Å²) in [4.78, 5) is 85.5. The number of aromatic nitrogens is 5. The quantitative estimate of drug-likeness (QED) is 0.0213. The fourth-order valence-electron chi connectivity index (χ4n) is 17.6. The lowest BCUT2D eigenvalue weighted by atomic mass is 9.63. The molecule has 3 saturated heterocycles. The second-order valence-corrected chi connectivity index (χ2v) is 40.5. The Morgan fingerprint density at radius 2 is 0.617 bits per heavy atom. The van der Waals surface area contributed by atoms with Crippen LogP contribution in [0.2, 0.25) is 6.82 Å². The fourth-order valence-corrected chi connectivity index (χ4v) is 17.6. The number of pyridine rings is 5. The van der Waals surface area contributed by atoms with Gasteiger partial charge < -0.3 is 102 Å². The van der Waals surface area contributed by atoms with Crippen molar-refractivity contribution in [3.63, 3.8) is 0 Å². The van der Waals surface area contributed by atoms with Crippen LogP contribution in [0, 0.1) is 13.8 Å². The molecule has 3 aliphatic rings. The minimum absolute atomic E-state index is 0.0145. The Kier molecular flexibility index (Phi) is 35.4. The number of hydrogen-bond acceptors (Lipinski definition) is 25. The van der Waals surface area contributed by atoms with E-state index >= 15 is 0 Å². The van der Waals surface area contributed by atoms with Crippen molar-refractivity contribution < 1.29 is 76.4 Å². The van der Waals surface area contributed by atoms with Gasteiger partial charge in [0.1, 0.15) is 11.5 Å². The number of methoxy groups -OCH3 is 2. The van der Waals surface area contributed by atoms with Crippen LogP contribution >= 0.6 is 0 Å². The zero-order chi connectivity index (χ0) is 107. The van der Waals surface area contributed by atoms with Crippen LogP contribution in [0.3, 0.4) is 0 Å². The number of fused-ring (bicyclic) bond motifs is 5. The molecular formula is C114H131B5N14O16. The summed E-state index contributed by atoms with van der Waals surface area (Å²) in [6, 6.07) is 67.9. The molecule has 16 N–H and O–H groups in total. The number of nitrogens with two attached hydrogens (primary N) is 4. The highest BCUT2D eigenvalue weighted by Gasteiger charge is 2.55. The van der Waals surface area contributed by atoms with E-state index in [1.54, 1.807) is 100 Å². The number of hydrogen-bond donors (Lipinski definition) is 12. The Hall–Kier alpha value is -14.0. The van der Waals surface area contributed by atoms with Crippen LogP contribution in [-0.4, -0.2) is 179 Å². The third-order valence-electron chi connectivity index (χ3n) is 28.8. The van der Waals surface area contributed by atoms with E-state index < -0.39 is 81.5 Å². The van der Waals surface area contributed by atoms with Crippen molar-refractivity contribution in [2.75, 3.05) is 67.0 Å². The van der Waals surface area contributed by atoms with E-state index in [-0.39, 0.29) is 78.3 Å². The first-order chi connectivity index (χ1) is 71.0. The van der Waals surface area contributed by atoms with Gasteiger partial charge in [-0.3, -0.25) is 48.9 Å². The van der Waals surface area contributed by atoms with E-state index in [4.69, 9.17) is 60.3 Å². The van der Waals surface area contributed by atoms with Gasteiger partial charge >= 0.3 is 35.4 Å². The third kappa shape index (κ3) is 26.1. The van der Waals surface area contributed by atoms with E-state index in [9.17, 15) is 39.0 Å². The van der Waals surface area contributed by atoms with Gasteiger partial charge in [0.25, 0.3) is 0 Å². The lowest BCUT2D eigenvalue weighted by Gasteiger charge is -2.32. The molecule has 18 rings (SSSR count). The predicted octanol–water partition coefficient (Wildman–Crippen LogP) is 14.1. The largest absolute Gasteiger partial charge is 0.497 e. The molecule has 0 aliphatic carbocycles. The number of carbonyl (C=O) groups is 5. The third-order valence-corrected chi connectivity index (χ3v) is 28.8. The average Bonchev–Trinajstić information content (AvgIpc) is 1.59. The summed E-state index contributed by atoms with van der Waals surface area (Å²) in [7, 11) is -0.00340. The molecule has 149 heavy (non-hydrogen) atoms. The zero-order valence-electron chi connectivity index (χ0n) is 87.6. The molecule has 5 aromatic heterocycles. The van der Waals surface area contributed by atoms with Gasteiger partial charge in [-0.1, -0.05) is 140 Å². The molecule has 0 spiro atoms. The minimum Gasteiger partial charge on any atom is -0.497 e. The molecule has 768 valence electrons. The van der Waals surface area contributed by atoms with E-state index in [2.05, 4.69) is 51.5 Å². The van der Waals surface area contributed by atoms with E-state index in [1.165, 1.54) is 19.2 Å². The number of nitrogens with one attached hydrogen (secondary N) is 5. The first-order valence-corrected chi connectivity index (χ1v) is 49.8. The molecule has 3 fully saturated rings. The molecule has 8 heterocycles. The number of ether oxygens (including phenoxy) is 2. The molecule has 5 atom stereocenters. The first-order valence-electron chi connectivity index (χ1n) is 49.8. The SMILES string of the molecule is CCC(C(=O)Nc1ccc2cnccc2c1)c1ccc(B2OC(C)(C)C(C)(C)O2)cc1.COc1ccc(B(O)O)cc1C(CN)C(=O)Nc1ccc2cnccc2c1.COc1ccc(C(CN)C(=O)Nc2ccc3cnccc3c2)cc1B(C)O.Cc1ccc(C(CN)C(=O)Nc2ccc3cnccc3c2)cc1B1OC(C)(C)C(C)(C)O1.Cc1ccc(C(CN)C(=O)Nc2ccc3cnccc3c2)cc1B1OC(C)(C)C(C)(C)O1. The number of aryl methyl sites for hydroxylation is 2. The molecule has 10 aromatic carbocycles. The van der Waals surface area contributed by atoms with E-state index in [0.29, 0.717) is 40.3 Å². The van der Waals surface area contributed by atoms with Crippen LogP contribution < -0.4 is 86.3 Å². The highest BCUT2D eigenvalue weighted by Crippen LogP contribution is 2.41. The Labute approximate surface area is 871 Å². The van der Waals surface area contributed by atoms with Crippen molar-refractivity contribution in [2.45, 2.75) is 180 Å². The summed E-state index contributed by atoms with van der Waals surface area (Å²) < 4.78 is 47.8. The Bertz CT molecular complexity index is 7100. The number of benzene rings is 10. The summed E-state index contributed by atoms with van der Waals surface area (Å²) in [5, 5.41) is 53.8. The standard InChI is InChI=1S/2C25H30BN3O3.C25H29BN2O3.C20H22BN3O3.C19H20BN3O4/c2*1-16-6-7-18(13-22(16)26-31-24(2,3)25(4,5)32-26)21(14-27)23(30)29-20-9-8-19-15-28-11-10-17(19)12-20;1-6-22(23(29)28-21-12-9-19-16-27-14-13-18(19)15-21)17-7-10-20(11-8-17)26-30-24(2,3)25(4,5)31-26;1-21(26)18-10-14(4-6-19(18)27-2)17(11-22)20(25)24-16-5-3-15-12-23-8-7-13(15)9-16;1-27-18-5-3-14(20(25)26)9-16(18)17(10-21)19(24)23-15-4-2-13-11-22-7-6-12(13)8-15/h2*6-13,15,21H,14,27H2,1-5H3,(H,29,30);7-16,22H,6H2,1-5H3,(H,28,29);3-10,12,17,26H,11,22H2,1-2H3,(H,24,25);2-9,11,17,25-26H,10,21H2,1H3,(H,23,24). The predicted molar refractivity (Wildman–Crippen MR) is 597 cm³/mol. The van der Waals surface area contributed by atoms with Crippen LogP contribution in [0.5, 0.6) is 11.5 Å². The maximum absolute atomic E-state index is 13.1. The highest BCUT2D eigenvalue weighted by atomic mass is 16.7. The number of carbonyl (C=O) groups excluding carboxylic acids is 5. The van der Waals surface area contributed by atoms with E-state index in [1.807, 2.05) is 286 Å². The summed E-state index contributed by atoms with van der Waals surface area (Å²) in [5.41, 5.74) is 34.6. The van der Waals surface area contributed by atoms with Crippen molar-refractivity contribution in [3.05, 3.63) is 319 Å². The van der Waals surface area contributed by atoms with Crippen molar-refractivity contribution in [3.8, 4) is 11.5 Å². The van der Waals surface area contributed by atoms with Crippen LogP contribution in [0.4, 0.5) is 28.4 Å². The maximum Gasteiger partial charge on any atom is 0.495 e. The molecule has 30 nitrogen and oxygen atoms in total. The average molecular weight is 2010 g/mol. The Balaban J connectivity index is 0.000000147. The van der Waals surface area contributed by atoms with Gasteiger partial charge in [-0.2, -0.15) is 0 Å². The molecule has 15 aromatic rings. The van der Waals surface area contributed by atoms with Gasteiger partial charge in [-0.15, -0.1) is 0 Å². The van der Waals surface area contributed by atoms with Gasteiger partial charge in [0.15, 0.2) is 0 Å². The molecule has 5 amide bonds. The molecule has 0 saturated carbocycles. The lowest BCUT2D eigenvalue weighted by molar-refractivity contribution is -0.118. The van der Waals surface area contributed by atoms with Gasteiger partial charge in [-0.25, -0.2) is 0 Å². The molecular weight excluding hydrogens is 1880 g/mol. The second-order valence-electron chi connectivity index (χ2n) is 40.5. The Morgan fingerprint density at radius 1 is 0.336 bits per heavy atom. The van der Waals surface area contributed by atoms with E-state index in [0.717, 1.165) is 121 Å². The monoisotopic (exact) mass is 2010 g/mol. The molecule has 0 bridgehead atoms. The zero-order valence-corrected chi connectivity index (χ0v) is 87.6. The van der Waals surface area contributed by atoms with Gasteiger partial charge in [0.2, 0.25) is 29.5 Å². The van der Waals surface area contributed by atoms with Crippen molar-refractivity contribution in [1.29, 1.82) is 0 Å². The molecule has 35 heteroatoms.